The molecule has 0 spiro atoms. The van der Waals surface area contributed by atoms with Crippen LogP contribution in [0.15, 0.2) is 30.3 Å². The van der Waals surface area contributed by atoms with Crippen molar-refractivity contribution >= 4 is 12.0 Å². The van der Waals surface area contributed by atoms with E-state index < -0.39 is 0 Å². The van der Waals surface area contributed by atoms with Gasteiger partial charge in [0, 0.05) is 19.6 Å². The first-order valence-corrected chi connectivity index (χ1v) is 8.10. The maximum Gasteiger partial charge on any atom is 0.410 e. The summed E-state index contributed by atoms with van der Waals surface area (Å²) in [6.45, 7) is 3.97. The summed E-state index contributed by atoms with van der Waals surface area (Å²) in [6.07, 6.45) is 1.50. The second-order valence-electron chi connectivity index (χ2n) is 5.67. The van der Waals surface area contributed by atoms with Gasteiger partial charge in [-0.15, -0.1) is 0 Å². The summed E-state index contributed by atoms with van der Waals surface area (Å²) in [5, 5.41) is 0. The van der Waals surface area contributed by atoms with Gasteiger partial charge in [0.2, 0.25) is 5.91 Å². The molecular formula is C17H25N3O3. The smallest absolute Gasteiger partial charge is 0.410 e. The van der Waals surface area contributed by atoms with Crippen LogP contribution in [0.4, 0.5) is 4.79 Å². The summed E-state index contributed by atoms with van der Waals surface area (Å²) < 4.78 is 5.40. The van der Waals surface area contributed by atoms with Crippen LogP contribution < -0.4 is 5.73 Å². The summed E-state index contributed by atoms with van der Waals surface area (Å²) in [5.41, 5.74) is 6.40. The number of nitrogens with zero attached hydrogens (tertiary/aromatic N) is 2. The topological polar surface area (TPSA) is 75.9 Å². The van der Waals surface area contributed by atoms with Crippen molar-refractivity contribution < 1.29 is 14.3 Å². The number of amides is 2. The summed E-state index contributed by atoms with van der Waals surface area (Å²) in [6, 6.07) is 9.61. The van der Waals surface area contributed by atoms with Gasteiger partial charge in [-0.2, -0.15) is 0 Å². The molecule has 1 saturated heterocycles. The van der Waals surface area contributed by atoms with Gasteiger partial charge in [-0.1, -0.05) is 30.3 Å². The molecule has 6 nitrogen and oxygen atoms in total. The standard InChI is InChI=1S/C17H25N3O3/c1-2-19(16(21)11-18)12-15-9-6-10-20(15)17(22)23-13-14-7-4-3-5-8-14/h3-5,7-8,15H,2,6,9-13,18H2,1H3/t15-/m1/s1. The molecule has 126 valence electrons. The third-order valence-electron chi connectivity index (χ3n) is 4.16. The van der Waals surface area contributed by atoms with Crippen LogP contribution in [0.5, 0.6) is 0 Å². The number of nitrogens with two attached hydrogens (primary N) is 1. The number of carbonyl (C=O) groups excluding carboxylic acids is 2. The molecule has 2 rings (SSSR count). The van der Waals surface area contributed by atoms with Crippen molar-refractivity contribution in [1.29, 1.82) is 0 Å². The lowest BCUT2D eigenvalue weighted by molar-refractivity contribution is -0.130. The Balaban J connectivity index is 1.89. The molecule has 0 bridgehead atoms. The average Bonchev–Trinajstić information content (AvgIpc) is 3.06. The highest BCUT2D eigenvalue weighted by atomic mass is 16.6. The zero-order chi connectivity index (χ0) is 16.7. The number of carbonyl (C=O) groups is 2. The number of rotatable bonds is 6. The van der Waals surface area contributed by atoms with Gasteiger partial charge in [0.05, 0.1) is 12.6 Å². The van der Waals surface area contributed by atoms with E-state index in [2.05, 4.69) is 0 Å². The van der Waals surface area contributed by atoms with Crippen LogP contribution >= 0.6 is 0 Å². The number of likely N-dealkylation sites (tertiary alicyclic amines) is 1. The summed E-state index contributed by atoms with van der Waals surface area (Å²) in [4.78, 5) is 27.5. The average molecular weight is 319 g/mol. The fourth-order valence-electron chi connectivity index (χ4n) is 2.86. The van der Waals surface area contributed by atoms with E-state index in [0.29, 0.717) is 19.6 Å². The summed E-state index contributed by atoms with van der Waals surface area (Å²) >= 11 is 0. The molecular weight excluding hydrogens is 294 g/mol. The Morgan fingerprint density at radius 1 is 1.35 bits per heavy atom. The molecule has 0 saturated carbocycles. The van der Waals surface area contributed by atoms with Crippen LogP contribution in [0.25, 0.3) is 0 Å². The van der Waals surface area contributed by atoms with Crippen LogP contribution in [-0.2, 0) is 16.1 Å². The molecule has 0 aromatic heterocycles. The first-order valence-electron chi connectivity index (χ1n) is 8.10. The van der Waals surface area contributed by atoms with Gasteiger partial charge >= 0.3 is 6.09 Å². The van der Waals surface area contributed by atoms with Crippen LogP contribution in [0.2, 0.25) is 0 Å². The highest BCUT2D eigenvalue weighted by Gasteiger charge is 2.31. The van der Waals surface area contributed by atoms with Gasteiger partial charge < -0.3 is 20.3 Å². The molecule has 1 heterocycles. The number of benzene rings is 1. The third kappa shape index (κ3) is 4.69. The lowest BCUT2D eigenvalue weighted by Crippen LogP contribution is -2.46. The van der Waals surface area contributed by atoms with Crippen molar-refractivity contribution in [2.24, 2.45) is 5.73 Å². The molecule has 1 aliphatic heterocycles. The van der Waals surface area contributed by atoms with E-state index in [1.165, 1.54) is 0 Å². The maximum atomic E-state index is 12.3. The molecule has 1 fully saturated rings. The molecule has 0 unspecified atom stereocenters. The molecule has 1 aromatic carbocycles. The lowest BCUT2D eigenvalue weighted by atomic mass is 10.2. The Labute approximate surface area is 137 Å². The Morgan fingerprint density at radius 3 is 2.74 bits per heavy atom. The first-order chi connectivity index (χ1) is 11.2. The van der Waals surface area contributed by atoms with Gasteiger partial charge in [-0.25, -0.2) is 4.79 Å². The molecule has 2 N–H and O–H groups in total. The molecule has 0 aliphatic carbocycles. The monoisotopic (exact) mass is 319 g/mol. The highest BCUT2D eigenvalue weighted by Crippen LogP contribution is 2.20. The summed E-state index contributed by atoms with van der Waals surface area (Å²) in [7, 11) is 0. The van der Waals surface area contributed by atoms with Crippen LogP contribution in [0.1, 0.15) is 25.3 Å². The molecule has 0 radical (unpaired) electrons. The molecule has 23 heavy (non-hydrogen) atoms. The fraction of sp³-hybridized carbons (Fsp3) is 0.529. The van der Waals surface area contributed by atoms with Gasteiger partial charge in [0.15, 0.2) is 0 Å². The predicted molar refractivity (Wildman–Crippen MR) is 87.7 cm³/mol. The number of likely N-dealkylation sites (N-methyl/N-ethyl adjacent to an activating group) is 1. The molecule has 2 amide bonds. The van der Waals surface area contributed by atoms with Crippen molar-refractivity contribution in [2.45, 2.75) is 32.4 Å². The Kier molecular flexibility index (Phi) is 6.40. The molecule has 1 aliphatic rings. The van der Waals surface area contributed by atoms with Gasteiger partial charge in [-0.3, -0.25) is 4.79 Å². The van der Waals surface area contributed by atoms with Crippen molar-refractivity contribution in [3.05, 3.63) is 35.9 Å². The minimum Gasteiger partial charge on any atom is -0.445 e. The van der Waals surface area contributed by atoms with E-state index >= 15 is 0 Å². The zero-order valence-electron chi connectivity index (χ0n) is 13.6. The lowest BCUT2D eigenvalue weighted by Gasteiger charge is -2.29. The minimum atomic E-state index is -0.312. The Bertz CT molecular complexity index is 521. The van der Waals surface area contributed by atoms with Crippen LogP contribution in [0.3, 0.4) is 0 Å². The van der Waals surface area contributed by atoms with Gasteiger partial charge in [-0.05, 0) is 25.3 Å². The van der Waals surface area contributed by atoms with Crippen LogP contribution in [0, 0.1) is 0 Å². The Hall–Kier alpha value is -2.08. The quantitative estimate of drug-likeness (QED) is 0.864. The van der Waals surface area contributed by atoms with E-state index in [1.54, 1.807) is 9.80 Å². The van der Waals surface area contributed by atoms with E-state index in [9.17, 15) is 9.59 Å². The van der Waals surface area contributed by atoms with Crippen molar-refractivity contribution in [1.82, 2.24) is 9.80 Å². The molecule has 6 heteroatoms. The summed E-state index contributed by atoms with van der Waals surface area (Å²) in [5.74, 6) is -0.0861. The minimum absolute atomic E-state index is 0.000979. The SMILES string of the molecule is CCN(C[C@H]1CCCN1C(=O)OCc1ccccc1)C(=O)CN. The normalized spacial score (nSPS) is 17.1. The van der Waals surface area contributed by atoms with E-state index in [4.69, 9.17) is 10.5 Å². The Morgan fingerprint density at radius 2 is 2.09 bits per heavy atom. The second-order valence-corrected chi connectivity index (χ2v) is 5.67. The number of hydrogen-bond donors (Lipinski definition) is 1. The van der Waals surface area contributed by atoms with Crippen molar-refractivity contribution in [3.63, 3.8) is 0 Å². The number of ether oxygens (including phenoxy) is 1. The van der Waals surface area contributed by atoms with E-state index in [0.717, 1.165) is 18.4 Å². The fourth-order valence-corrected chi connectivity index (χ4v) is 2.86. The van der Waals surface area contributed by atoms with Gasteiger partial charge in [0.25, 0.3) is 0 Å². The predicted octanol–water partition coefficient (Wildman–Crippen LogP) is 1.59. The first kappa shape index (κ1) is 17.3. The number of hydrogen-bond acceptors (Lipinski definition) is 4. The maximum absolute atomic E-state index is 12.3. The highest BCUT2D eigenvalue weighted by molar-refractivity contribution is 5.78. The second kappa shape index (κ2) is 8.53. The van der Waals surface area contributed by atoms with Crippen molar-refractivity contribution in [2.75, 3.05) is 26.2 Å². The van der Waals surface area contributed by atoms with Crippen LogP contribution in [-0.4, -0.2) is 54.0 Å². The van der Waals surface area contributed by atoms with Crippen molar-refractivity contribution in [3.8, 4) is 0 Å². The molecule has 1 aromatic rings. The third-order valence-corrected chi connectivity index (χ3v) is 4.16. The van der Waals surface area contributed by atoms with Gasteiger partial charge in [0.1, 0.15) is 6.61 Å². The van der Waals surface area contributed by atoms with E-state index in [1.807, 2.05) is 37.3 Å². The zero-order valence-corrected chi connectivity index (χ0v) is 13.6. The molecule has 1 atom stereocenters. The largest absolute Gasteiger partial charge is 0.445 e. The van der Waals surface area contributed by atoms with E-state index in [-0.39, 0.29) is 31.2 Å².